The smallest absolute Gasteiger partial charge is 0.161 e. The summed E-state index contributed by atoms with van der Waals surface area (Å²) in [5.41, 5.74) is 4.34. The fourth-order valence-electron chi connectivity index (χ4n) is 5.53. The van der Waals surface area contributed by atoms with Gasteiger partial charge in [0.1, 0.15) is 5.75 Å². The van der Waals surface area contributed by atoms with Crippen LogP contribution in [0.25, 0.3) is 10.8 Å². The van der Waals surface area contributed by atoms with Crippen molar-refractivity contribution >= 4 is 10.8 Å². The van der Waals surface area contributed by atoms with Gasteiger partial charge >= 0.3 is 0 Å². The van der Waals surface area contributed by atoms with E-state index in [0.29, 0.717) is 29.4 Å². The highest BCUT2D eigenvalue weighted by Gasteiger charge is 2.27. The molecule has 8 heteroatoms. The molecule has 4 aromatic rings. The highest BCUT2D eigenvalue weighted by atomic mass is 16.5. The van der Waals surface area contributed by atoms with Crippen molar-refractivity contribution in [3.05, 3.63) is 83.2 Å². The summed E-state index contributed by atoms with van der Waals surface area (Å²) in [5, 5.41) is 5.69. The molecule has 1 aliphatic heterocycles. The van der Waals surface area contributed by atoms with E-state index in [4.69, 9.17) is 28.7 Å². The first-order chi connectivity index (χ1) is 19.6. The number of pyridine rings is 1. The van der Waals surface area contributed by atoms with Crippen LogP contribution in [-0.4, -0.2) is 65.1 Å². The number of hydrogen-bond acceptors (Lipinski definition) is 8. The maximum absolute atomic E-state index is 5.71. The van der Waals surface area contributed by atoms with Crippen LogP contribution in [0.5, 0.6) is 28.7 Å². The topological polar surface area (TPSA) is 74.3 Å². The predicted molar refractivity (Wildman–Crippen MR) is 156 cm³/mol. The fourth-order valence-corrected chi connectivity index (χ4v) is 5.53. The Kier molecular flexibility index (Phi) is 8.57. The maximum Gasteiger partial charge on any atom is 0.161 e. The molecule has 1 aliphatic rings. The Balaban J connectivity index is 1.55. The molecule has 1 saturated heterocycles. The first-order valence-electron chi connectivity index (χ1n) is 13.4. The van der Waals surface area contributed by atoms with Crippen molar-refractivity contribution in [3.8, 4) is 28.7 Å². The lowest BCUT2D eigenvalue weighted by Crippen LogP contribution is -2.45. The predicted octanol–water partition coefficient (Wildman–Crippen LogP) is 5.02. The van der Waals surface area contributed by atoms with Gasteiger partial charge in [-0.25, -0.2) is 0 Å². The van der Waals surface area contributed by atoms with Crippen molar-refractivity contribution in [1.29, 1.82) is 0 Å². The van der Waals surface area contributed by atoms with Gasteiger partial charge in [0.05, 0.1) is 47.3 Å². The van der Waals surface area contributed by atoms with E-state index in [9.17, 15) is 0 Å². The van der Waals surface area contributed by atoms with E-state index < -0.39 is 0 Å². The van der Waals surface area contributed by atoms with Gasteiger partial charge in [-0.1, -0.05) is 24.3 Å². The summed E-state index contributed by atoms with van der Waals surface area (Å²) in [7, 11) is 8.35. The number of para-hydroxylation sites is 1. The Hall–Kier alpha value is -4.01. The summed E-state index contributed by atoms with van der Waals surface area (Å²) < 4.78 is 28.1. The molecular formula is C32H37N3O5. The number of methoxy groups -OCH3 is 5. The van der Waals surface area contributed by atoms with Gasteiger partial charge in [-0.3, -0.25) is 9.88 Å². The van der Waals surface area contributed by atoms with E-state index in [0.717, 1.165) is 59.5 Å². The Morgan fingerprint density at radius 3 is 2.17 bits per heavy atom. The molecule has 1 aromatic heterocycles. The van der Waals surface area contributed by atoms with Crippen LogP contribution in [0.1, 0.15) is 28.4 Å². The molecule has 1 fully saturated rings. The highest BCUT2D eigenvalue weighted by molar-refractivity contribution is 5.91. The normalized spacial score (nSPS) is 15.6. The molecule has 5 rings (SSSR count). The van der Waals surface area contributed by atoms with Crippen molar-refractivity contribution < 1.29 is 23.7 Å². The third kappa shape index (κ3) is 5.50. The first kappa shape index (κ1) is 27.6. The van der Waals surface area contributed by atoms with Gasteiger partial charge < -0.3 is 29.0 Å². The van der Waals surface area contributed by atoms with E-state index >= 15 is 0 Å². The highest BCUT2D eigenvalue weighted by Crippen LogP contribution is 2.38. The zero-order chi connectivity index (χ0) is 28.1. The molecule has 210 valence electrons. The molecule has 0 bridgehead atoms. The van der Waals surface area contributed by atoms with Gasteiger partial charge in [-0.2, -0.15) is 0 Å². The molecular weight excluding hydrogens is 506 g/mol. The average Bonchev–Trinajstić information content (AvgIpc) is 3.01. The molecule has 8 nitrogen and oxygen atoms in total. The quantitative estimate of drug-likeness (QED) is 0.299. The Morgan fingerprint density at radius 1 is 0.775 bits per heavy atom. The van der Waals surface area contributed by atoms with E-state index in [1.165, 1.54) is 5.56 Å². The molecule has 0 amide bonds. The molecule has 0 spiro atoms. The minimum atomic E-state index is 0.173. The number of aromatic nitrogens is 1. The summed E-state index contributed by atoms with van der Waals surface area (Å²) in [6.45, 7) is 3.41. The molecule has 40 heavy (non-hydrogen) atoms. The Labute approximate surface area is 235 Å². The zero-order valence-electron chi connectivity index (χ0n) is 23.8. The number of fused-ring (bicyclic) bond motifs is 1. The molecule has 0 radical (unpaired) electrons. The number of piperazine rings is 1. The lowest BCUT2D eigenvalue weighted by molar-refractivity contribution is 0.151. The average molecular weight is 544 g/mol. The minimum absolute atomic E-state index is 0.173. The number of ether oxygens (including phenoxy) is 5. The second kappa shape index (κ2) is 12.4. The van der Waals surface area contributed by atoms with Crippen molar-refractivity contribution in [3.63, 3.8) is 0 Å². The standard InChI is InChI=1S/C32H37N3O5/c1-36-28-9-7-6-8-23(28)27-19-33-12-13-35(27)20-22-18-34-26(14-21-10-11-29(37-2)30(15-21)38-3)25-17-32(40-5)31(39-4)16-24(22)25/h6-11,15-18,27,33H,12-14,19-20H2,1-5H3. The van der Waals surface area contributed by atoms with Crippen LogP contribution in [0.15, 0.2) is 60.8 Å². The monoisotopic (exact) mass is 543 g/mol. The van der Waals surface area contributed by atoms with Gasteiger partial charge in [0.15, 0.2) is 23.0 Å². The van der Waals surface area contributed by atoms with Crippen LogP contribution in [0.4, 0.5) is 0 Å². The summed E-state index contributed by atoms with van der Waals surface area (Å²) in [6.07, 6.45) is 2.63. The van der Waals surface area contributed by atoms with Crippen LogP contribution in [0.3, 0.4) is 0 Å². The zero-order valence-corrected chi connectivity index (χ0v) is 23.8. The minimum Gasteiger partial charge on any atom is -0.496 e. The van der Waals surface area contributed by atoms with Crippen molar-refractivity contribution in [1.82, 2.24) is 15.2 Å². The van der Waals surface area contributed by atoms with E-state index in [2.05, 4.69) is 28.4 Å². The fraction of sp³-hybridized carbons (Fsp3) is 0.344. The molecule has 1 unspecified atom stereocenters. The summed E-state index contributed by atoms with van der Waals surface area (Å²) >= 11 is 0. The van der Waals surface area contributed by atoms with E-state index in [1.807, 2.05) is 42.6 Å². The Bertz CT molecular complexity index is 1470. The Morgan fingerprint density at radius 2 is 1.45 bits per heavy atom. The third-order valence-electron chi connectivity index (χ3n) is 7.60. The number of rotatable bonds is 10. The molecule has 1 N–H and O–H groups in total. The summed E-state index contributed by atoms with van der Waals surface area (Å²) in [6, 6.07) is 18.5. The molecule has 1 atom stereocenters. The second-order valence-corrected chi connectivity index (χ2v) is 9.78. The van der Waals surface area contributed by atoms with Crippen LogP contribution < -0.4 is 29.0 Å². The lowest BCUT2D eigenvalue weighted by Gasteiger charge is -2.37. The van der Waals surface area contributed by atoms with Crippen molar-refractivity contribution in [2.45, 2.75) is 19.0 Å². The molecule has 3 aromatic carbocycles. The van der Waals surface area contributed by atoms with Gasteiger partial charge in [0.2, 0.25) is 0 Å². The summed E-state index contributed by atoms with van der Waals surface area (Å²) in [4.78, 5) is 7.49. The first-order valence-corrected chi connectivity index (χ1v) is 13.4. The molecule has 2 heterocycles. The van der Waals surface area contributed by atoms with Gasteiger partial charge in [-0.05, 0) is 46.8 Å². The largest absolute Gasteiger partial charge is 0.496 e. The van der Waals surface area contributed by atoms with Crippen LogP contribution in [0.2, 0.25) is 0 Å². The maximum atomic E-state index is 5.71. The third-order valence-corrected chi connectivity index (χ3v) is 7.60. The number of nitrogens with one attached hydrogen (secondary N) is 1. The second-order valence-electron chi connectivity index (χ2n) is 9.78. The van der Waals surface area contributed by atoms with Gasteiger partial charge in [0.25, 0.3) is 0 Å². The van der Waals surface area contributed by atoms with Crippen LogP contribution >= 0.6 is 0 Å². The van der Waals surface area contributed by atoms with Gasteiger partial charge in [-0.15, -0.1) is 0 Å². The summed E-state index contributed by atoms with van der Waals surface area (Å²) in [5.74, 6) is 3.67. The number of benzene rings is 3. The van der Waals surface area contributed by atoms with Crippen LogP contribution in [0, 0.1) is 0 Å². The SMILES string of the molecule is COc1ccc(Cc2ncc(CN3CCNCC3c3ccccc3OC)c3cc(OC)c(OC)cc23)cc1OC. The van der Waals surface area contributed by atoms with Crippen molar-refractivity contribution in [2.75, 3.05) is 55.2 Å². The lowest BCUT2D eigenvalue weighted by atomic mass is 9.97. The number of nitrogens with zero attached hydrogens (tertiary/aromatic N) is 2. The number of hydrogen-bond donors (Lipinski definition) is 1. The van der Waals surface area contributed by atoms with E-state index in [-0.39, 0.29) is 6.04 Å². The van der Waals surface area contributed by atoms with E-state index in [1.54, 1.807) is 35.5 Å². The van der Waals surface area contributed by atoms with Crippen LogP contribution in [-0.2, 0) is 13.0 Å². The molecule has 0 saturated carbocycles. The van der Waals surface area contributed by atoms with Crippen molar-refractivity contribution in [2.24, 2.45) is 0 Å². The van der Waals surface area contributed by atoms with Gasteiger partial charge in [0, 0.05) is 49.7 Å². The molecule has 0 aliphatic carbocycles.